The second-order valence-electron chi connectivity index (χ2n) is 8.78. The monoisotopic (exact) mass is 422 g/mol. The third-order valence-corrected chi connectivity index (χ3v) is 6.53. The van der Waals surface area contributed by atoms with Gasteiger partial charge in [-0.15, -0.1) is 0 Å². The first-order valence-electron chi connectivity index (χ1n) is 11.5. The Morgan fingerprint density at radius 3 is 2.55 bits per heavy atom. The summed E-state index contributed by atoms with van der Waals surface area (Å²) in [4.78, 5) is 21.6. The van der Waals surface area contributed by atoms with Crippen LogP contribution in [0.15, 0.2) is 48.8 Å². The highest BCUT2D eigenvalue weighted by Crippen LogP contribution is 2.24. The van der Waals surface area contributed by atoms with Crippen LogP contribution in [0.3, 0.4) is 0 Å². The number of benzene rings is 1. The van der Waals surface area contributed by atoms with Crippen LogP contribution >= 0.6 is 0 Å². The maximum atomic E-state index is 12.5. The number of carbonyl (C=O) groups excluding carboxylic acids is 1. The molecule has 0 atom stereocenters. The Hall–Kier alpha value is -2.44. The molecule has 2 aliphatic rings. The minimum atomic E-state index is -0.0587. The molecule has 2 aromatic rings. The highest BCUT2D eigenvalue weighted by molar-refractivity contribution is 5.94. The van der Waals surface area contributed by atoms with Crippen molar-refractivity contribution in [3.05, 3.63) is 59.9 Å². The highest BCUT2D eigenvalue weighted by Gasteiger charge is 2.28. The summed E-state index contributed by atoms with van der Waals surface area (Å²) in [6.07, 6.45) is 9.23. The molecule has 2 fully saturated rings. The highest BCUT2D eigenvalue weighted by atomic mass is 16.5. The van der Waals surface area contributed by atoms with Crippen LogP contribution in [0.4, 0.5) is 0 Å². The number of nitrogens with zero attached hydrogens (tertiary/aromatic N) is 3. The lowest BCUT2D eigenvalue weighted by Gasteiger charge is -2.41. The summed E-state index contributed by atoms with van der Waals surface area (Å²) in [5.41, 5.74) is 1.81. The molecule has 0 spiro atoms. The molecule has 0 radical (unpaired) electrons. The first-order chi connectivity index (χ1) is 15.2. The lowest BCUT2D eigenvalue weighted by molar-refractivity contribution is 0.0525. The van der Waals surface area contributed by atoms with Crippen LogP contribution in [0.25, 0.3) is 0 Å². The van der Waals surface area contributed by atoms with Gasteiger partial charge in [0.15, 0.2) is 0 Å². The summed E-state index contributed by atoms with van der Waals surface area (Å²) >= 11 is 0. The van der Waals surface area contributed by atoms with Gasteiger partial charge in [-0.2, -0.15) is 0 Å². The number of aromatic nitrogens is 1. The van der Waals surface area contributed by atoms with Gasteiger partial charge in [-0.25, -0.2) is 0 Å². The van der Waals surface area contributed by atoms with Crippen molar-refractivity contribution in [3.8, 4) is 5.75 Å². The number of pyridine rings is 1. The number of piperidine rings is 2. The molecule has 166 valence electrons. The van der Waals surface area contributed by atoms with Gasteiger partial charge in [-0.1, -0.05) is 6.07 Å². The van der Waals surface area contributed by atoms with Crippen LogP contribution in [0.5, 0.6) is 5.75 Å². The molecule has 31 heavy (non-hydrogen) atoms. The van der Waals surface area contributed by atoms with Crippen molar-refractivity contribution < 1.29 is 9.53 Å². The Kier molecular flexibility index (Phi) is 7.54. The maximum absolute atomic E-state index is 12.5. The molecule has 1 aromatic heterocycles. The average Bonchev–Trinajstić information content (AvgIpc) is 2.81. The van der Waals surface area contributed by atoms with Crippen molar-refractivity contribution in [2.45, 2.75) is 44.2 Å². The number of hydrogen-bond donors (Lipinski definition) is 1. The molecule has 6 nitrogen and oxygen atoms in total. The van der Waals surface area contributed by atoms with Gasteiger partial charge in [0, 0.05) is 43.6 Å². The first kappa shape index (κ1) is 21.8. The Bertz CT molecular complexity index is 828. The van der Waals surface area contributed by atoms with Crippen LogP contribution < -0.4 is 10.1 Å². The van der Waals surface area contributed by atoms with Gasteiger partial charge in [0.2, 0.25) is 0 Å². The second kappa shape index (κ2) is 10.7. The zero-order valence-corrected chi connectivity index (χ0v) is 18.5. The van der Waals surface area contributed by atoms with Gasteiger partial charge in [0.05, 0.1) is 0 Å². The lowest BCUT2D eigenvalue weighted by atomic mass is 9.99. The number of carbonyl (C=O) groups is 1. The molecule has 0 saturated carbocycles. The summed E-state index contributed by atoms with van der Waals surface area (Å²) in [6.45, 7) is 5.23. The molecule has 1 aromatic carbocycles. The summed E-state index contributed by atoms with van der Waals surface area (Å²) in [7, 11) is 2.21. The van der Waals surface area contributed by atoms with E-state index in [9.17, 15) is 4.79 Å². The van der Waals surface area contributed by atoms with Crippen molar-refractivity contribution in [3.63, 3.8) is 0 Å². The molecule has 6 heteroatoms. The van der Waals surface area contributed by atoms with Crippen molar-refractivity contribution in [2.75, 3.05) is 39.8 Å². The van der Waals surface area contributed by atoms with Crippen molar-refractivity contribution in [2.24, 2.45) is 0 Å². The zero-order chi connectivity index (χ0) is 21.5. The lowest BCUT2D eigenvalue weighted by Crippen LogP contribution is -2.48. The fraction of sp³-hybridized carbons (Fsp3) is 0.520. The summed E-state index contributed by atoms with van der Waals surface area (Å²) in [6, 6.07) is 12.2. The minimum absolute atomic E-state index is 0.0587. The van der Waals surface area contributed by atoms with E-state index in [0.717, 1.165) is 44.1 Å². The average molecular weight is 423 g/mol. The fourth-order valence-electron chi connectivity index (χ4n) is 4.59. The van der Waals surface area contributed by atoms with Crippen LogP contribution in [-0.4, -0.2) is 72.6 Å². The predicted molar refractivity (Wildman–Crippen MR) is 122 cm³/mol. The van der Waals surface area contributed by atoms with E-state index in [1.165, 1.54) is 31.5 Å². The smallest absolute Gasteiger partial charge is 0.251 e. The molecular formula is C25H34N4O2. The molecule has 0 bridgehead atoms. The molecule has 1 N–H and O–H groups in total. The largest absolute Gasteiger partial charge is 0.490 e. The van der Waals surface area contributed by atoms with E-state index in [0.29, 0.717) is 12.1 Å². The van der Waals surface area contributed by atoms with Gasteiger partial charge in [0.1, 0.15) is 11.9 Å². The van der Waals surface area contributed by atoms with E-state index >= 15 is 0 Å². The van der Waals surface area contributed by atoms with Gasteiger partial charge in [0.25, 0.3) is 5.91 Å². The van der Waals surface area contributed by atoms with E-state index in [-0.39, 0.29) is 12.0 Å². The van der Waals surface area contributed by atoms with Crippen LogP contribution in [0.1, 0.15) is 41.6 Å². The molecule has 2 aliphatic heterocycles. The maximum Gasteiger partial charge on any atom is 0.251 e. The third-order valence-electron chi connectivity index (χ3n) is 6.53. The standard InChI is InChI=1S/C25H34N4O2/c1-28-15-8-22(9-16-28)29-17-10-23(11-18-29)31-24-4-2-3-21(19-24)25(30)27-14-7-20-5-12-26-13-6-20/h2-6,12-13,19,22-23H,7-11,14-18H2,1H3,(H,27,30). The molecule has 1 amide bonds. The molecular weight excluding hydrogens is 388 g/mol. The van der Waals surface area contributed by atoms with Gasteiger partial charge in [-0.05, 0) is 88.1 Å². The Morgan fingerprint density at radius 2 is 1.81 bits per heavy atom. The van der Waals surface area contributed by atoms with Crippen LogP contribution in [-0.2, 0) is 6.42 Å². The number of amides is 1. The van der Waals surface area contributed by atoms with E-state index in [1.54, 1.807) is 12.4 Å². The SMILES string of the molecule is CN1CCC(N2CCC(Oc3cccc(C(=O)NCCc4ccncc4)c3)CC2)CC1. The quantitative estimate of drug-likeness (QED) is 0.743. The zero-order valence-electron chi connectivity index (χ0n) is 18.5. The van der Waals surface area contributed by atoms with Crippen molar-refractivity contribution in [1.29, 1.82) is 0 Å². The summed E-state index contributed by atoms with van der Waals surface area (Å²) in [5.74, 6) is 0.733. The Labute approximate surface area is 185 Å². The summed E-state index contributed by atoms with van der Waals surface area (Å²) in [5, 5.41) is 3.00. The van der Waals surface area contributed by atoms with E-state index in [1.807, 2.05) is 36.4 Å². The Balaban J connectivity index is 1.22. The normalized spacial score (nSPS) is 19.3. The number of ether oxygens (including phenoxy) is 1. The Morgan fingerprint density at radius 1 is 1.06 bits per heavy atom. The third kappa shape index (κ3) is 6.28. The van der Waals surface area contributed by atoms with Gasteiger partial charge >= 0.3 is 0 Å². The second-order valence-corrected chi connectivity index (χ2v) is 8.78. The van der Waals surface area contributed by atoms with Crippen molar-refractivity contribution in [1.82, 2.24) is 20.1 Å². The van der Waals surface area contributed by atoms with Crippen molar-refractivity contribution >= 4 is 5.91 Å². The first-order valence-corrected chi connectivity index (χ1v) is 11.5. The summed E-state index contributed by atoms with van der Waals surface area (Å²) < 4.78 is 6.25. The van der Waals surface area contributed by atoms with Crippen LogP contribution in [0.2, 0.25) is 0 Å². The molecule has 4 rings (SSSR count). The van der Waals surface area contributed by atoms with Gasteiger partial charge in [-0.3, -0.25) is 9.78 Å². The topological polar surface area (TPSA) is 57.7 Å². The molecule has 0 aliphatic carbocycles. The number of likely N-dealkylation sites (tertiary alicyclic amines) is 2. The fourth-order valence-corrected chi connectivity index (χ4v) is 4.59. The van der Waals surface area contributed by atoms with Gasteiger partial charge < -0.3 is 19.9 Å². The molecule has 2 saturated heterocycles. The van der Waals surface area contributed by atoms with E-state index < -0.39 is 0 Å². The van der Waals surface area contributed by atoms with Crippen LogP contribution in [0, 0.1) is 0 Å². The minimum Gasteiger partial charge on any atom is -0.490 e. The number of nitrogens with one attached hydrogen (secondary N) is 1. The molecule has 0 unspecified atom stereocenters. The predicted octanol–water partition coefficient (Wildman–Crippen LogP) is 2.99. The van der Waals surface area contributed by atoms with E-state index in [4.69, 9.17) is 4.74 Å². The molecule has 3 heterocycles. The number of rotatable bonds is 7. The van der Waals surface area contributed by atoms with E-state index in [2.05, 4.69) is 27.1 Å². The number of hydrogen-bond acceptors (Lipinski definition) is 5.